The third kappa shape index (κ3) is 5.06. The molecule has 1 aromatic rings. The SMILES string of the molecule is Cc1c(C(=O)NCCNC2CCCCCC2)cnn1C(C)(C)C. The van der Waals surface area contributed by atoms with Gasteiger partial charge in [0.05, 0.1) is 17.3 Å². The number of nitrogens with zero attached hydrogens (tertiary/aromatic N) is 2. The van der Waals surface area contributed by atoms with Crippen molar-refractivity contribution in [2.45, 2.75) is 77.8 Å². The van der Waals surface area contributed by atoms with E-state index in [2.05, 4.69) is 36.5 Å². The highest BCUT2D eigenvalue weighted by Crippen LogP contribution is 2.18. The van der Waals surface area contributed by atoms with Crippen LogP contribution in [0.1, 0.15) is 75.3 Å². The molecule has 1 aromatic heterocycles. The van der Waals surface area contributed by atoms with Gasteiger partial charge in [0, 0.05) is 24.8 Å². The third-order valence-electron chi connectivity index (χ3n) is 4.59. The van der Waals surface area contributed by atoms with E-state index in [4.69, 9.17) is 0 Å². The lowest BCUT2D eigenvalue weighted by Crippen LogP contribution is -2.37. The largest absolute Gasteiger partial charge is 0.351 e. The monoisotopic (exact) mass is 320 g/mol. The molecular weight excluding hydrogens is 288 g/mol. The van der Waals surface area contributed by atoms with Crippen molar-refractivity contribution in [2.24, 2.45) is 0 Å². The molecule has 5 heteroatoms. The molecule has 0 bridgehead atoms. The Bertz CT molecular complexity index is 508. The Labute approximate surface area is 140 Å². The zero-order chi connectivity index (χ0) is 16.9. The first kappa shape index (κ1) is 18.0. The van der Waals surface area contributed by atoms with Crippen molar-refractivity contribution in [1.82, 2.24) is 20.4 Å². The van der Waals surface area contributed by atoms with Gasteiger partial charge >= 0.3 is 0 Å². The van der Waals surface area contributed by atoms with E-state index in [1.165, 1.54) is 38.5 Å². The molecule has 2 rings (SSSR count). The molecule has 2 N–H and O–H groups in total. The Morgan fingerprint density at radius 1 is 1.22 bits per heavy atom. The lowest BCUT2D eigenvalue weighted by molar-refractivity contribution is 0.0952. The molecule has 1 amide bonds. The number of amides is 1. The molecule has 5 nitrogen and oxygen atoms in total. The van der Waals surface area contributed by atoms with E-state index >= 15 is 0 Å². The van der Waals surface area contributed by atoms with Gasteiger partial charge in [0.1, 0.15) is 0 Å². The fourth-order valence-corrected chi connectivity index (χ4v) is 3.34. The molecule has 1 aliphatic rings. The molecule has 0 spiro atoms. The van der Waals surface area contributed by atoms with Crippen molar-refractivity contribution < 1.29 is 4.79 Å². The average Bonchev–Trinajstić information content (AvgIpc) is 2.71. The number of rotatable bonds is 5. The van der Waals surface area contributed by atoms with E-state index in [0.29, 0.717) is 18.2 Å². The van der Waals surface area contributed by atoms with Gasteiger partial charge in [-0.25, -0.2) is 0 Å². The molecule has 0 aliphatic heterocycles. The Hall–Kier alpha value is -1.36. The predicted molar refractivity (Wildman–Crippen MR) is 93.8 cm³/mol. The zero-order valence-corrected chi connectivity index (χ0v) is 15.1. The minimum Gasteiger partial charge on any atom is -0.351 e. The van der Waals surface area contributed by atoms with Crippen molar-refractivity contribution in [3.8, 4) is 0 Å². The van der Waals surface area contributed by atoms with E-state index in [1.54, 1.807) is 6.20 Å². The van der Waals surface area contributed by atoms with Crippen LogP contribution in [0, 0.1) is 6.92 Å². The Morgan fingerprint density at radius 2 is 1.87 bits per heavy atom. The van der Waals surface area contributed by atoms with Crippen molar-refractivity contribution in [3.63, 3.8) is 0 Å². The molecule has 0 atom stereocenters. The van der Waals surface area contributed by atoms with Gasteiger partial charge in [-0.15, -0.1) is 0 Å². The molecule has 130 valence electrons. The molecule has 0 saturated heterocycles. The van der Waals surface area contributed by atoms with E-state index < -0.39 is 0 Å². The molecule has 1 fully saturated rings. The van der Waals surface area contributed by atoms with Crippen molar-refractivity contribution in [1.29, 1.82) is 0 Å². The summed E-state index contributed by atoms with van der Waals surface area (Å²) in [6.45, 7) is 9.72. The van der Waals surface area contributed by atoms with Crippen LogP contribution < -0.4 is 10.6 Å². The molecule has 1 saturated carbocycles. The summed E-state index contributed by atoms with van der Waals surface area (Å²) in [6, 6.07) is 0.625. The minimum absolute atomic E-state index is 0.0272. The maximum atomic E-state index is 12.3. The van der Waals surface area contributed by atoms with Crippen molar-refractivity contribution in [3.05, 3.63) is 17.5 Å². The number of aromatic nitrogens is 2. The summed E-state index contributed by atoms with van der Waals surface area (Å²) in [5, 5.41) is 10.9. The van der Waals surface area contributed by atoms with Crippen LogP contribution >= 0.6 is 0 Å². The van der Waals surface area contributed by atoms with Crippen molar-refractivity contribution in [2.75, 3.05) is 13.1 Å². The maximum Gasteiger partial charge on any atom is 0.254 e. The molecule has 0 aromatic carbocycles. The summed E-state index contributed by atoms with van der Waals surface area (Å²) >= 11 is 0. The zero-order valence-electron chi connectivity index (χ0n) is 15.1. The third-order valence-corrected chi connectivity index (χ3v) is 4.59. The van der Waals surface area contributed by atoms with Gasteiger partial charge in [0.15, 0.2) is 0 Å². The fourth-order valence-electron chi connectivity index (χ4n) is 3.34. The summed E-state index contributed by atoms with van der Waals surface area (Å²) in [6.07, 6.45) is 9.60. The summed E-state index contributed by atoms with van der Waals surface area (Å²) in [5.74, 6) is -0.0272. The van der Waals surface area contributed by atoms with E-state index in [9.17, 15) is 4.79 Å². The average molecular weight is 320 g/mol. The second-order valence-corrected chi connectivity index (χ2v) is 7.62. The van der Waals surface area contributed by atoms with Gasteiger partial charge in [-0.3, -0.25) is 9.48 Å². The van der Waals surface area contributed by atoms with Crippen LogP contribution in [0.25, 0.3) is 0 Å². The normalized spacial score (nSPS) is 17.0. The van der Waals surface area contributed by atoms with Crippen LogP contribution in [0.2, 0.25) is 0 Å². The van der Waals surface area contributed by atoms with Crippen LogP contribution in [0.4, 0.5) is 0 Å². The molecule has 23 heavy (non-hydrogen) atoms. The Kier molecular flexibility index (Phi) is 6.22. The van der Waals surface area contributed by atoms with Gasteiger partial charge in [-0.05, 0) is 40.5 Å². The summed E-state index contributed by atoms with van der Waals surface area (Å²) < 4.78 is 1.91. The first-order valence-corrected chi connectivity index (χ1v) is 8.96. The van der Waals surface area contributed by atoms with Crippen LogP contribution in [-0.2, 0) is 5.54 Å². The Morgan fingerprint density at radius 3 is 2.43 bits per heavy atom. The predicted octanol–water partition coefficient (Wildman–Crippen LogP) is 2.99. The van der Waals surface area contributed by atoms with Crippen LogP contribution in [0.3, 0.4) is 0 Å². The van der Waals surface area contributed by atoms with E-state index in [0.717, 1.165) is 12.2 Å². The highest BCUT2D eigenvalue weighted by atomic mass is 16.1. The topological polar surface area (TPSA) is 59.0 Å². The number of hydrogen-bond acceptors (Lipinski definition) is 3. The molecular formula is C18H32N4O. The first-order chi connectivity index (χ1) is 10.9. The maximum absolute atomic E-state index is 12.3. The smallest absolute Gasteiger partial charge is 0.254 e. The van der Waals surface area contributed by atoms with E-state index in [-0.39, 0.29) is 11.4 Å². The molecule has 1 heterocycles. The number of nitrogens with one attached hydrogen (secondary N) is 2. The summed E-state index contributed by atoms with van der Waals surface area (Å²) in [5.41, 5.74) is 1.49. The highest BCUT2D eigenvalue weighted by Gasteiger charge is 2.21. The number of carbonyl (C=O) groups is 1. The van der Waals surface area contributed by atoms with E-state index in [1.807, 2.05) is 11.6 Å². The first-order valence-electron chi connectivity index (χ1n) is 8.96. The summed E-state index contributed by atoms with van der Waals surface area (Å²) in [7, 11) is 0. The molecule has 0 radical (unpaired) electrons. The standard InChI is InChI=1S/C18H32N4O/c1-14-16(13-21-22(14)18(2,3)4)17(23)20-12-11-19-15-9-7-5-6-8-10-15/h13,15,19H,5-12H2,1-4H3,(H,20,23). The second-order valence-electron chi connectivity index (χ2n) is 7.62. The van der Waals surface area contributed by atoms with Crippen LogP contribution in [0.15, 0.2) is 6.20 Å². The van der Waals surface area contributed by atoms with Gasteiger partial charge < -0.3 is 10.6 Å². The quantitative estimate of drug-likeness (QED) is 0.648. The molecule has 0 unspecified atom stereocenters. The van der Waals surface area contributed by atoms with Gasteiger partial charge in [-0.2, -0.15) is 5.10 Å². The van der Waals surface area contributed by atoms with Crippen LogP contribution in [0.5, 0.6) is 0 Å². The fraction of sp³-hybridized carbons (Fsp3) is 0.778. The number of carbonyl (C=O) groups excluding carboxylic acids is 1. The van der Waals surface area contributed by atoms with Gasteiger partial charge in [0.2, 0.25) is 0 Å². The minimum atomic E-state index is -0.107. The van der Waals surface area contributed by atoms with Crippen molar-refractivity contribution >= 4 is 5.91 Å². The Balaban J connectivity index is 1.78. The van der Waals surface area contributed by atoms with Crippen LogP contribution in [-0.4, -0.2) is 34.8 Å². The van der Waals surface area contributed by atoms with Gasteiger partial charge in [-0.1, -0.05) is 25.7 Å². The number of hydrogen-bond donors (Lipinski definition) is 2. The lowest BCUT2D eigenvalue weighted by atomic mass is 10.1. The summed E-state index contributed by atoms with van der Waals surface area (Å²) in [4.78, 5) is 12.3. The lowest BCUT2D eigenvalue weighted by Gasteiger charge is -2.21. The van der Waals surface area contributed by atoms with Gasteiger partial charge in [0.25, 0.3) is 5.91 Å². The molecule has 1 aliphatic carbocycles. The highest BCUT2D eigenvalue weighted by molar-refractivity contribution is 5.95. The second kappa shape index (κ2) is 7.95.